The van der Waals surface area contributed by atoms with E-state index in [4.69, 9.17) is 4.74 Å². The molecule has 28 heavy (non-hydrogen) atoms. The van der Waals surface area contributed by atoms with Crippen molar-refractivity contribution < 1.29 is 9.53 Å². The van der Waals surface area contributed by atoms with Crippen LogP contribution < -0.4 is 5.32 Å². The highest BCUT2D eigenvalue weighted by molar-refractivity contribution is 5.93. The van der Waals surface area contributed by atoms with Crippen LogP contribution in [0.3, 0.4) is 0 Å². The van der Waals surface area contributed by atoms with Gasteiger partial charge in [-0.15, -0.1) is 0 Å². The first kappa shape index (κ1) is 17.2. The molecule has 3 aromatic rings. The first-order valence-electron chi connectivity index (χ1n) is 9.96. The van der Waals surface area contributed by atoms with Gasteiger partial charge < -0.3 is 10.1 Å². The lowest BCUT2D eigenvalue weighted by atomic mass is 9.84. The molecule has 1 aliphatic heterocycles. The Kier molecular flexibility index (Phi) is 4.25. The summed E-state index contributed by atoms with van der Waals surface area (Å²) >= 11 is 0. The molecule has 0 saturated carbocycles. The normalized spacial score (nSPS) is 17.6. The van der Waals surface area contributed by atoms with Gasteiger partial charge in [0.05, 0.1) is 0 Å². The topological polar surface area (TPSA) is 38.3 Å². The fraction of sp³-hybridized carbons (Fsp3) is 0.240. The standard InChI is InChI=1S/C25H23NO2/c27-24(28-25(14-16-26-17-15-25)18-8-2-1-3-9-18)23-21-12-6-4-10-19(21)20-11-5-7-13-22(20)23/h1-13,23,26H,14-17H2. The van der Waals surface area contributed by atoms with Crippen LogP contribution in [0.2, 0.25) is 0 Å². The molecule has 0 atom stereocenters. The Labute approximate surface area is 165 Å². The van der Waals surface area contributed by atoms with E-state index in [0.29, 0.717) is 0 Å². The van der Waals surface area contributed by atoms with Crippen LogP contribution in [0.25, 0.3) is 11.1 Å². The maximum absolute atomic E-state index is 13.6. The van der Waals surface area contributed by atoms with Crippen molar-refractivity contribution in [2.45, 2.75) is 24.4 Å². The van der Waals surface area contributed by atoms with Gasteiger partial charge in [0.2, 0.25) is 0 Å². The predicted octanol–water partition coefficient (Wildman–Crippen LogP) is 4.62. The van der Waals surface area contributed by atoms with Crippen LogP contribution in [0.1, 0.15) is 35.4 Å². The summed E-state index contributed by atoms with van der Waals surface area (Å²) in [4.78, 5) is 13.6. The number of nitrogens with one attached hydrogen (secondary N) is 1. The number of piperidine rings is 1. The summed E-state index contributed by atoms with van der Waals surface area (Å²) in [7, 11) is 0. The van der Waals surface area contributed by atoms with Crippen molar-refractivity contribution >= 4 is 5.97 Å². The molecule has 140 valence electrons. The van der Waals surface area contributed by atoms with Gasteiger partial charge in [-0.1, -0.05) is 78.9 Å². The predicted molar refractivity (Wildman–Crippen MR) is 110 cm³/mol. The second kappa shape index (κ2) is 6.92. The molecule has 1 saturated heterocycles. The molecule has 1 heterocycles. The van der Waals surface area contributed by atoms with Gasteiger partial charge in [-0.05, 0) is 40.9 Å². The fourth-order valence-corrected chi connectivity index (χ4v) is 4.68. The first-order valence-corrected chi connectivity index (χ1v) is 9.96. The minimum atomic E-state index is -0.559. The third kappa shape index (κ3) is 2.74. The van der Waals surface area contributed by atoms with Crippen LogP contribution in [0.15, 0.2) is 78.9 Å². The maximum atomic E-state index is 13.6. The van der Waals surface area contributed by atoms with Gasteiger partial charge in [0.15, 0.2) is 0 Å². The monoisotopic (exact) mass is 369 g/mol. The maximum Gasteiger partial charge on any atom is 0.318 e. The van der Waals surface area contributed by atoms with Crippen molar-refractivity contribution in [2.75, 3.05) is 13.1 Å². The molecule has 1 N–H and O–H groups in total. The second-order valence-corrected chi connectivity index (χ2v) is 7.64. The number of carbonyl (C=O) groups is 1. The highest BCUT2D eigenvalue weighted by Gasteiger charge is 2.42. The lowest BCUT2D eigenvalue weighted by Gasteiger charge is -2.38. The summed E-state index contributed by atoms with van der Waals surface area (Å²) in [5, 5.41) is 3.39. The van der Waals surface area contributed by atoms with Gasteiger partial charge in [-0.3, -0.25) is 4.79 Å². The summed E-state index contributed by atoms with van der Waals surface area (Å²) < 4.78 is 6.38. The number of fused-ring (bicyclic) bond motifs is 3. The van der Waals surface area contributed by atoms with E-state index in [-0.39, 0.29) is 11.9 Å². The van der Waals surface area contributed by atoms with Crippen LogP contribution in [-0.4, -0.2) is 19.1 Å². The minimum absolute atomic E-state index is 0.150. The average Bonchev–Trinajstić information content (AvgIpc) is 3.10. The number of hydrogen-bond acceptors (Lipinski definition) is 3. The van der Waals surface area contributed by atoms with Crippen LogP contribution in [0, 0.1) is 0 Å². The van der Waals surface area contributed by atoms with Crippen molar-refractivity contribution in [1.29, 1.82) is 0 Å². The Morgan fingerprint density at radius 2 is 1.32 bits per heavy atom. The van der Waals surface area contributed by atoms with Gasteiger partial charge in [0, 0.05) is 12.8 Å². The molecule has 3 heteroatoms. The molecule has 3 nitrogen and oxygen atoms in total. The number of hydrogen-bond donors (Lipinski definition) is 1. The summed E-state index contributed by atoms with van der Waals surface area (Å²) in [5.74, 6) is -0.508. The van der Waals surface area contributed by atoms with Crippen LogP contribution in [0.5, 0.6) is 0 Å². The summed E-state index contributed by atoms with van der Waals surface area (Å²) in [6.45, 7) is 1.69. The largest absolute Gasteiger partial charge is 0.453 e. The van der Waals surface area contributed by atoms with Crippen molar-refractivity contribution in [1.82, 2.24) is 5.32 Å². The molecule has 0 unspecified atom stereocenters. The molecule has 3 aromatic carbocycles. The number of rotatable bonds is 3. The minimum Gasteiger partial charge on any atom is -0.453 e. The number of carbonyl (C=O) groups excluding carboxylic acids is 1. The molecule has 0 aromatic heterocycles. The second-order valence-electron chi connectivity index (χ2n) is 7.64. The smallest absolute Gasteiger partial charge is 0.318 e. The van der Waals surface area contributed by atoms with Gasteiger partial charge in [0.1, 0.15) is 11.5 Å². The van der Waals surface area contributed by atoms with Crippen LogP contribution >= 0.6 is 0 Å². The molecule has 1 aliphatic carbocycles. The fourth-order valence-electron chi connectivity index (χ4n) is 4.68. The van der Waals surface area contributed by atoms with Crippen molar-refractivity contribution in [3.63, 3.8) is 0 Å². The molecule has 0 radical (unpaired) electrons. The Morgan fingerprint density at radius 1 is 0.786 bits per heavy atom. The molecule has 1 fully saturated rings. The summed E-state index contributed by atoms with van der Waals surface area (Å²) in [5.41, 5.74) is 4.90. The molecule has 5 rings (SSSR count). The lowest BCUT2D eigenvalue weighted by molar-refractivity contribution is -0.165. The van der Waals surface area contributed by atoms with Crippen LogP contribution in [-0.2, 0) is 15.1 Å². The molecule has 2 aliphatic rings. The zero-order chi connectivity index (χ0) is 19.0. The Bertz CT molecular complexity index is 960. The van der Waals surface area contributed by atoms with Gasteiger partial charge in [-0.2, -0.15) is 0 Å². The lowest BCUT2D eigenvalue weighted by Crippen LogP contribution is -2.43. The number of ether oxygens (including phenoxy) is 1. The van der Waals surface area contributed by atoms with Crippen molar-refractivity contribution in [3.8, 4) is 11.1 Å². The van der Waals surface area contributed by atoms with Crippen molar-refractivity contribution in [2.24, 2.45) is 0 Å². The zero-order valence-corrected chi connectivity index (χ0v) is 15.7. The van der Waals surface area contributed by atoms with Crippen molar-refractivity contribution in [3.05, 3.63) is 95.6 Å². The van der Waals surface area contributed by atoms with E-state index in [1.165, 1.54) is 0 Å². The summed E-state index contributed by atoms with van der Waals surface area (Å²) in [6.07, 6.45) is 1.58. The zero-order valence-electron chi connectivity index (χ0n) is 15.7. The van der Waals surface area contributed by atoms with E-state index >= 15 is 0 Å². The van der Waals surface area contributed by atoms with E-state index in [0.717, 1.165) is 53.7 Å². The highest BCUT2D eigenvalue weighted by Crippen LogP contribution is 2.46. The molecule has 0 spiro atoms. The molecule has 0 amide bonds. The quantitative estimate of drug-likeness (QED) is 0.685. The molecule has 0 bridgehead atoms. The Balaban J connectivity index is 1.54. The van der Waals surface area contributed by atoms with Gasteiger partial charge in [-0.25, -0.2) is 0 Å². The molecular weight excluding hydrogens is 346 g/mol. The average molecular weight is 369 g/mol. The Hall–Kier alpha value is -2.91. The number of esters is 1. The van der Waals surface area contributed by atoms with E-state index in [1.54, 1.807) is 0 Å². The third-order valence-corrected chi connectivity index (χ3v) is 6.08. The first-order chi connectivity index (χ1) is 13.8. The van der Waals surface area contributed by atoms with Crippen LogP contribution in [0.4, 0.5) is 0 Å². The highest BCUT2D eigenvalue weighted by atomic mass is 16.6. The van der Waals surface area contributed by atoms with Gasteiger partial charge >= 0.3 is 5.97 Å². The SMILES string of the molecule is O=C(OC1(c2ccccc2)CCNCC1)C1c2ccccc2-c2ccccc21. The summed E-state index contributed by atoms with van der Waals surface area (Å²) in [6, 6.07) is 26.6. The van der Waals surface area contributed by atoms with E-state index in [2.05, 4.69) is 41.7 Å². The third-order valence-electron chi connectivity index (χ3n) is 6.08. The van der Waals surface area contributed by atoms with E-state index in [9.17, 15) is 4.79 Å². The number of benzene rings is 3. The Morgan fingerprint density at radius 3 is 1.93 bits per heavy atom. The van der Waals surface area contributed by atoms with E-state index in [1.807, 2.05) is 42.5 Å². The van der Waals surface area contributed by atoms with E-state index < -0.39 is 5.60 Å². The van der Waals surface area contributed by atoms with Gasteiger partial charge in [0.25, 0.3) is 0 Å². The molecular formula is C25H23NO2.